The number of ether oxygens (including phenoxy) is 4. The van der Waals surface area contributed by atoms with E-state index >= 15 is 0 Å². The summed E-state index contributed by atoms with van der Waals surface area (Å²) in [5, 5.41) is 16.1. The summed E-state index contributed by atoms with van der Waals surface area (Å²) < 4.78 is 23.2. The van der Waals surface area contributed by atoms with Crippen molar-refractivity contribution >= 4 is 45.0 Å². The molecule has 0 saturated heterocycles. The molecule has 10 nitrogen and oxygen atoms in total. The minimum absolute atomic E-state index is 0.0517. The van der Waals surface area contributed by atoms with E-state index < -0.39 is 18.3 Å². The zero-order chi connectivity index (χ0) is 28.5. The highest BCUT2D eigenvalue weighted by atomic mass is 79.9. The van der Waals surface area contributed by atoms with Gasteiger partial charge in [0, 0.05) is 28.4 Å². The number of amides is 2. The van der Waals surface area contributed by atoms with Crippen LogP contribution in [0.3, 0.4) is 0 Å². The first kappa shape index (κ1) is 28.8. The number of hydrogen-bond acceptors (Lipinski definition) is 8. The molecular weight excluding hydrogens is 582 g/mol. The highest BCUT2D eigenvalue weighted by molar-refractivity contribution is 9.10. The Morgan fingerprint density at radius 1 is 1.10 bits per heavy atom. The molecule has 3 aromatic carbocycles. The van der Waals surface area contributed by atoms with Gasteiger partial charge in [0.2, 0.25) is 12.7 Å². The molecule has 0 spiro atoms. The summed E-state index contributed by atoms with van der Waals surface area (Å²) in [7, 11) is 0. The zero-order valence-electron chi connectivity index (χ0n) is 21.8. The van der Waals surface area contributed by atoms with Crippen LogP contribution >= 0.6 is 15.9 Å². The van der Waals surface area contributed by atoms with E-state index in [4.69, 9.17) is 24.7 Å². The minimum atomic E-state index is -0.960. The molecule has 0 fully saturated rings. The maximum Gasteiger partial charge on any atom is 0.412 e. The number of nitrogen functional groups attached to an aromatic ring is 1. The van der Waals surface area contributed by atoms with Gasteiger partial charge in [0.15, 0.2) is 17.6 Å². The summed E-state index contributed by atoms with van der Waals surface area (Å²) in [6.45, 7) is 2.27. The van der Waals surface area contributed by atoms with Crippen LogP contribution in [0.15, 0.2) is 77.3 Å². The Morgan fingerprint density at radius 2 is 1.90 bits per heavy atom. The van der Waals surface area contributed by atoms with Crippen molar-refractivity contribution < 1.29 is 33.6 Å². The topological polar surface area (TPSA) is 141 Å². The SMILES string of the molecule is CCO[C@@H](CC/C=C/C(=O)Nc1ccccc1N)[C@@H](OC(=O)Nc1ccc2c(c1)OCO2)c1cc(Br)ccc1O. The second-order valence-corrected chi connectivity index (χ2v) is 9.69. The number of allylic oxidation sites excluding steroid dienone is 1. The molecule has 210 valence electrons. The van der Waals surface area contributed by atoms with E-state index in [9.17, 15) is 14.7 Å². The molecule has 0 aliphatic carbocycles. The van der Waals surface area contributed by atoms with E-state index in [1.807, 2.05) is 6.92 Å². The predicted molar refractivity (Wildman–Crippen MR) is 154 cm³/mol. The first-order valence-corrected chi connectivity index (χ1v) is 13.4. The van der Waals surface area contributed by atoms with Crippen molar-refractivity contribution in [2.75, 3.05) is 29.8 Å². The molecule has 0 saturated carbocycles. The molecule has 0 radical (unpaired) electrons. The van der Waals surface area contributed by atoms with E-state index in [1.165, 1.54) is 12.1 Å². The maximum atomic E-state index is 13.0. The molecular formula is C29H30BrN3O7. The number of hydrogen-bond donors (Lipinski definition) is 4. The quantitative estimate of drug-likeness (QED) is 0.150. The van der Waals surface area contributed by atoms with Crippen LogP contribution in [-0.4, -0.2) is 36.6 Å². The van der Waals surface area contributed by atoms with E-state index in [2.05, 4.69) is 26.6 Å². The van der Waals surface area contributed by atoms with Crippen LogP contribution in [0.2, 0.25) is 0 Å². The lowest BCUT2D eigenvalue weighted by molar-refractivity contribution is -0.111. The van der Waals surface area contributed by atoms with E-state index in [-0.39, 0.29) is 18.4 Å². The second-order valence-electron chi connectivity index (χ2n) is 8.77. The molecule has 40 heavy (non-hydrogen) atoms. The lowest BCUT2D eigenvalue weighted by Gasteiger charge is -2.28. The number of benzene rings is 3. The first-order valence-electron chi connectivity index (χ1n) is 12.6. The molecule has 0 unspecified atom stereocenters. The number of rotatable bonds is 11. The van der Waals surface area contributed by atoms with Crippen LogP contribution in [0.4, 0.5) is 21.9 Å². The van der Waals surface area contributed by atoms with Crippen LogP contribution in [-0.2, 0) is 14.3 Å². The summed E-state index contributed by atoms with van der Waals surface area (Å²) in [5.41, 5.74) is 7.70. The molecule has 1 aliphatic rings. The summed E-state index contributed by atoms with van der Waals surface area (Å²) in [5.74, 6) is 0.716. The van der Waals surface area contributed by atoms with Gasteiger partial charge < -0.3 is 35.1 Å². The predicted octanol–water partition coefficient (Wildman–Crippen LogP) is 6.14. The van der Waals surface area contributed by atoms with E-state index in [1.54, 1.807) is 60.7 Å². The first-order chi connectivity index (χ1) is 19.3. The Morgan fingerprint density at radius 3 is 2.70 bits per heavy atom. The van der Waals surface area contributed by atoms with Gasteiger partial charge in [-0.25, -0.2) is 4.79 Å². The van der Waals surface area contributed by atoms with Gasteiger partial charge >= 0.3 is 6.09 Å². The summed E-state index contributed by atoms with van der Waals surface area (Å²) in [4.78, 5) is 25.3. The van der Waals surface area contributed by atoms with E-state index in [0.29, 0.717) is 58.0 Å². The van der Waals surface area contributed by atoms with Crippen LogP contribution in [0.25, 0.3) is 0 Å². The van der Waals surface area contributed by atoms with Crippen molar-refractivity contribution in [2.24, 2.45) is 0 Å². The van der Waals surface area contributed by atoms with Gasteiger partial charge in [-0.2, -0.15) is 0 Å². The van der Waals surface area contributed by atoms with Crippen molar-refractivity contribution in [3.05, 3.63) is 82.9 Å². The molecule has 2 atom stereocenters. The van der Waals surface area contributed by atoms with Crippen LogP contribution in [0.1, 0.15) is 31.4 Å². The number of anilines is 3. The Kier molecular flexibility index (Phi) is 9.87. The smallest absolute Gasteiger partial charge is 0.412 e. The molecule has 0 aromatic heterocycles. The van der Waals surface area contributed by atoms with Gasteiger partial charge in [0.25, 0.3) is 0 Å². The molecule has 4 rings (SSSR count). The lowest BCUT2D eigenvalue weighted by Crippen LogP contribution is -2.29. The number of nitrogens with one attached hydrogen (secondary N) is 2. The molecule has 1 aliphatic heterocycles. The average molecular weight is 612 g/mol. The van der Waals surface area contributed by atoms with Gasteiger partial charge in [0.05, 0.1) is 17.5 Å². The number of carbonyl (C=O) groups excluding carboxylic acids is 2. The summed E-state index contributed by atoms with van der Waals surface area (Å²) in [6.07, 6.45) is 1.59. The number of nitrogens with two attached hydrogens (primary N) is 1. The number of carbonyl (C=O) groups is 2. The van der Waals surface area contributed by atoms with Gasteiger partial charge in [0.1, 0.15) is 5.75 Å². The van der Waals surface area contributed by atoms with E-state index in [0.717, 1.165) is 0 Å². The highest BCUT2D eigenvalue weighted by Crippen LogP contribution is 2.37. The monoisotopic (exact) mass is 611 g/mol. The van der Waals surface area contributed by atoms with Crippen LogP contribution in [0, 0.1) is 0 Å². The number of halogens is 1. The maximum absolute atomic E-state index is 13.0. The van der Waals surface area contributed by atoms with Crippen molar-refractivity contribution in [3.63, 3.8) is 0 Å². The third-order valence-electron chi connectivity index (χ3n) is 5.97. The van der Waals surface area contributed by atoms with Crippen molar-refractivity contribution in [1.29, 1.82) is 0 Å². The van der Waals surface area contributed by atoms with Gasteiger partial charge in [-0.1, -0.05) is 34.1 Å². The summed E-state index contributed by atoms with van der Waals surface area (Å²) in [6, 6.07) is 16.8. The van der Waals surface area contributed by atoms with Gasteiger partial charge in [-0.05, 0) is 68.3 Å². The molecule has 2 amide bonds. The Labute approximate surface area is 240 Å². The fourth-order valence-corrected chi connectivity index (χ4v) is 4.48. The van der Waals surface area contributed by atoms with Crippen molar-refractivity contribution in [1.82, 2.24) is 0 Å². The molecule has 11 heteroatoms. The standard InChI is InChI=1S/C29H30BrN3O7/c1-2-37-25(9-5-6-10-27(35)33-22-8-4-3-7-21(22)31)28(20-15-18(30)11-13-23(20)34)40-29(36)32-19-12-14-24-26(16-19)39-17-38-24/h3-4,6-8,10-16,25,28,34H,2,5,9,17,31H2,1H3,(H,32,36)(H,33,35)/b10-6+/t25-,28-/m0/s1. The van der Waals surface area contributed by atoms with Crippen LogP contribution < -0.4 is 25.8 Å². The van der Waals surface area contributed by atoms with Gasteiger partial charge in [-0.15, -0.1) is 0 Å². The average Bonchev–Trinajstić information content (AvgIpc) is 3.40. The number of fused-ring (bicyclic) bond motifs is 1. The Balaban J connectivity index is 1.46. The molecule has 0 bridgehead atoms. The van der Waals surface area contributed by atoms with Crippen molar-refractivity contribution in [2.45, 2.75) is 32.0 Å². The van der Waals surface area contributed by atoms with Gasteiger partial charge in [-0.3, -0.25) is 10.1 Å². The zero-order valence-corrected chi connectivity index (χ0v) is 23.3. The Bertz CT molecular complexity index is 1380. The normalized spacial score (nSPS) is 13.6. The number of aromatic hydroxyl groups is 1. The number of phenols is 1. The third-order valence-corrected chi connectivity index (χ3v) is 6.47. The fourth-order valence-electron chi connectivity index (χ4n) is 4.10. The summed E-state index contributed by atoms with van der Waals surface area (Å²) >= 11 is 3.41. The molecule has 1 heterocycles. The van der Waals surface area contributed by atoms with Crippen LogP contribution in [0.5, 0.6) is 17.2 Å². The van der Waals surface area contributed by atoms with Crippen molar-refractivity contribution in [3.8, 4) is 17.2 Å². The third kappa shape index (κ3) is 7.67. The fraction of sp³-hybridized carbons (Fsp3) is 0.241. The largest absolute Gasteiger partial charge is 0.508 e. The number of para-hydroxylation sites is 2. The Hall–Kier alpha value is -4.22. The minimum Gasteiger partial charge on any atom is -0.508 e. The highest BCUT2D eigenvalue weighted by Gasteiger charge is 2.30. The lowest BCUT2D eigenvalue weighted by atomic mass is 9.99. The number of phenolic OH excluding ortho intramolecular Hbond substituents is 1. The molecule has 3 aromatic rings. The second kappa shape index (κ2) is 13.7. The molecule has 5 N–H and O–H groups in total.